The zero-order chi connectivity index (χ0) is 17.4. The highest BCUT2D eigenvalue weighted by Crippen LogP contribution is 2.35. The zero-order valence-corrected chi connectivity index (χ0v) is 14.2. The van der Waals surface area contributed by atoms with Gasteiger partial charge in [-0.25, -0.2) is 9.97 Å². The van der Waals surface area contributed by atoms with E-state index < -0.39 is 5.91 Å². The number of carbonyl (C=O) groups excluding carboxylic acids is 1. The lowest BCUT2D eigenvalue weighted by molar-refractivity contribution is 0.100. The number of amides is 1. The minimum Gasteiger partial charge on any atom is -0.366 e. The van der Waals surface area contributed by atoms with Crippen molar-refractivity contribution in [3.63, 3.8) is 0 Å². The Morgan fingerprint density at radius 1 is 1.28 bits per heavy atom. The molecule has 1 atom stereocenters. The first-order chi connectivity index (χ1) is 12.1. The number of piperidine rings is 1. The van der Waals surface area contributed by atoms with E-state index in [4.69, 9.17) is 5.73 Å². The maximum Gasteiger partial charge on any atom is 0.248 e. The summed E-state index contributed by atoms with van der Waals surface area (Å²) in [6, 6.07) is 7.34. The lowest BCUT2D eigenvalue weighted by Gasteiger charge is -2.32. The number of nitrogens with zero attached hydrogens (tertiary/aromatic N) is 3. The number of aromatic amines is 1. The van der Waals surface area contributed by atoms with Gasteiger partial charge in [0.1, 0.15) is 17.8 Å². The van der Waals surface area contributed by atoms with Crippen LogP contribution >= 0.6 is 0 Å². The molecule has 0 aliphatic carbocycles. The summed E-state index contributed by atoms with van der Waals surface area (Å²) in [6.45, 7) is 4.31. The van der Waals surface area contributed by atoms with Crippen LogP contribution in [0.3, 0.4) is 0 Å². The number of fused-ring (bicyclic) bond motifs is 1. The van der Waals surface area contributed by atoms with Crippen LogP contribution in [0.1, 0.15) is 30.1 Å². The molecule has 25 heavy (non-hydrogen) atoms. The van der Waals surface area contributed by atoms with E-state index in [2.05, 4.69) is 26.8 Å². The summed E-state index contributed by atoms with van der Waals surface area (Å²) >= 11 is 0. The SMILES string of the molecule is CC1CCCN(c2ncnc3[nH]cc(-c4ccc(C(N)=O)cc4)c23)C1. The van der Waals surface area contributed by atoms with Crippen LogP contribution in [0, 0.1) is 5.92 Å². The smallest absolute Gasteiger partial charge is 0.248 e. The van der Waals surface area contributed by atoms with Crippen LogP contribution in [0.15, 0.2) is 36.8 Å². The summed E-state index contributed by atoms with van der Waals surface area (Å²) in [5.74, 6) is 1.22. The molecule has 2 aromatic heterocycles. The van der Waals surface area contributed by atoms with Gasteiger partial charge in [-0.05, 0) is 36.5 Å². The van der Waals surface area contributed by atoms with E-state index in [1.165, 1.54) is 12.8 Å². The Morgan fingerprint density at radius 3 is 2.80 bits per heavy atom. The van der Waals surface area contributed by atoms with Gasteiger partial charge in [-0.1, -0.05) is 19.1 Å². The number of hydrogen-bond donors (Lipinski definition) is 2. The molecule has 4 rings (SSSR count). The van der Waals surface area contributed by atoms with Gasteiger partial charge in [-0.2, -0.15) is 0 Å². The van der Waals surface area contributed by atoms with Crippen LogP contribution < -0.4 is 10.6 Å². The Labute approximate surface area is 146 Å². The molecular formula is C19H21N5O. The third-order valence-electron chi connectivity index (χ3n) is 4.89. The quantitative estimate of drug-likeness (QED) is 0.770. The minimum absolute atomic E-state index is 0.420. The van der Waals surface area contributed by atoms with Gasteiger partial charge in [0.05, 0.1) is 5.39 Å². The van der Waals surface area contributed by atoms with Crippen molar-refractivity contribution >= 4 is 22.8 Å². The van der Waals surface area contributed by atoms with Gasteiger partial charge >= 0.3 is 0 Å². The number of anilines is 1. The summed E-state index contributed by atoms with van der Waals surface area (Å²) in [6.07, 6.45) is 6.02. The predicted molar refractivity (Wildman–Crippen MR) is 98.5 cm³/mol. The van der Waals surface area contributed by atoms with Crippen molar-refractivity contribution in [1.82, 2.24) is 15.0 Å². The predicted octanol–water partition coefficient (Wildman–Crippen LogP) is 2.96. The van der Waals surface area contributed by atoms with Crippen molar-refractivity contribution in [1.29, 1.82) is 0 Å². The van der Waals surface area contributed by atoms with Gasteiger partial charge in [-0.3, -0.25) is 4.79 Å². The van der Waals surface area contributed by atoms with Crippen LogP contribution in [-0.2, 0) is 0 Å². The van der Waals surface area contributed by atoms with Gasteiger partial charge in [0, 0.05) is 30.4 Å². The third-order valence-corrected chi connectivity index (χ3v) is 4.89. The molecule has 1 fully saturated rings. The summed E-state index contributed by atoms with van der Waals surface area (Å²) in [5, 5.41) is 1.03. The maximum absolute atomic E-state index is 11.3. The van der Waals surface area contributed by atoms with E-state index in [1.807, 2.05) is 18.3 Å². The second kappa shape index (κ2) is 6.20. The van der Waals surface area contributed by atoms with Crippen molar-refractivity contribution < 1.29 is 4.79 Å². The topological polar surface area (TPSA) is 87.9 Å². The van der Waals surface area contributed by atoms with Crippen LogP contribution in [0.4, 0.5) is 5.82 Å². The average molecular weight is 335 g/mol. The Morgan fingerprint density at radius 2 is 2.08 bits per heavy atom. The van der Waals surface area contributed by atoms with Gasteiger partial charge < -0.3 is 15.6 Å². The molecule has 1 aromatic carbocycles. The first-order valence-corrected chi connectivity index (χ1v) is 8.61. The lowest BCUT2D eigenvalue weighted by Crippen LogP contribution is -2.35. The molecule has 128 valence electrons. The highest BCUT2D eigenvalue weighted by atomic mass is 16.1. The Hall–Kier alpha value is -2.89. The average Bonchev–Trinajstić information content (AvgIpc) is 3.06. The van der Waals surface area contributed by atoms with Gasteiger partial charge in [0.15, 0.2) is 0 Å². The number of primary amides is 1. The molecule has 1 saturated heterocycles. The molecule has 0 spiro atoms. The van der Waals surface area contributed by atoms with Crippen molar-refractivity contribution in [3.8, 4) is 11.1 Å². The molecule has 1 amide bonds. The molecule has 6 nitrogen and oxygen atoms in total. The molecule has 6 heteroatoms. The van der Waals surface area contributed by atoms with Crippen molar-refractivity contribution in [3.05, 3.63) is 42.4 Å². The lowest BCUT2D eigenvalue weighted by atomic mass is 9.99. The zero-order valence-electron chi connectivity index (χ0n) is 14.2. The molecule has 0 bridgehead atoms. The molecule has 1 unspecified atom stereocenters. The van der Waals surface area contributed by atoms with Crippen LogP contribution in [0.25, 0.3) is 22.2 Å². The molecule has 1 aliphatic rings. The molecule has 0 saturated carbocycles. The van der Waals surface area contributed by atoms with Gasteiger partial charge in [-0.15, -0.1) is 0 Å². The summed E-state index contributed by atoms with van der Waals surface area (Å²) in [4.78, 5) is 25.9. The molecule has 3 N–H and O–H groups in total. The standard InChI is InChI=1S/C19H21N5O/c1-12-3-2-8-24(10-12)19-16-15(9-21-18(16)22-11-23-19)13-4-6-14(7-5-13)17(20)25/h4-7,9,11-12H,2-3,8,10H2,1H3,(H2,20,25)(H,21,22,23). The first-order valence-electron chi connectivity index (χ1n) is 8.61. The second-order valence-electron chi connectivity index (χ2n) is 6.76. The second-order valence-corrected chi connectivity index (χ2v) is 6.76. The first kappa shape index (κ1) is 15.6. The highest BCUT2D eigenvalue weighted by Gasteiger charge is 2.22. The number of H-pyrrole nitrogens is 1. The summed E-state index contributed by atoms with van der Waals surface area (Å²) < 4.78 is 0. The fourth-order valence-corrected chi connectivity index (χ4v) is 3.61. The van der Waals surface area contributed by atoms with Crippen molar-refractivity contribution in [2.45, 2.75) is 19.8 Å². The highest BCUT2D eigenvalue weighted by molar-refractivity contribution is 6.01. The van der Waals surface area contributed by atoms with Gasteiger partial charge in [0.25, 0.3) is 0 Å². The van der Waals surface area contributed by atoms with Gasteiger partial charge in [0.2, 0.25) is 5.91 Å². The van der Waals surface area contributed by atoms with E-state index in [-0.39, 0.29) is 0 Å². The van der Waals surface area contributed by atoms with Crippen LogP contribution in [0.2, 0.25) is 0 Å². The number of hydrogen-bond acceptors (Lipinski definition) is 4. The largest absolute Gasteiger partial charge is 0.366 e. The fraction of sp³-hybridized carbons (Fsp3) is 0.316. The van der Waals surface area contributed by atoms with E-state index in [0.717, 1.165) is 41.1 Å². The van der Waals surface area contributed by atoms with Crippen LogP contribution in [0.5, 0.6) is 0 Å². The molecule has 1 aliphatic heterocycles. The van der Waals surface area contributed by atoms with Crippen LogP contribution in [-0.4, -0.2) is 33.9 Å². The van der Waals surface area contributed by atoms with Crippen molar-refractivity contribution in [2.24, 2.45) is 11.7 Å². The third kappa shape index (κ3) is 2.84. The number of carbonyl (C=O) groups is 1. The summed E-state index contributed by atoms with van der Waals surface area (Å²) in [7, 11) is 0. The Kier molecular flexibility index (Phi) is 3.87. The monoisotopic (exact) mass is 335 g/mol. The maximum atomic E-state index is 11.3. The fourth-order valence-electron chi connectivity index (χ4n) is 3.61. The normalized spacial score (nSPS) is 17.8. The molecule has 3 heterocycles. The number of rotatable bonds is 3. The molecule has 0 radical (unpaired) electrons. The van der Waals surface area contributed by atoms with E-state index >= 15 is 0 Å². The number of nitrogens with two attached hydrogens (primary N) is 1. The van der Waals surface area contributed by atoms with E-state index in [1.54, 1.807) is 18.5 Å². The van der Waals surface area contributed by atoms with E-state index in [9.17, 15) is 4.79 Å². The Bertz CT molecular complexity index is 915. The number of aromatic nitrogens is 3. The number of nitrogens with one attached hydrogen (secondary N) is 1. The molecular weight excluding hydrogens is 314 g/mol. The molecule has 3 aromatic rings. The minimum atomic E-state index is -0.420. The number of benzene rings is 1. The van der Waals surface area contributed by atoms with E-state index in [0.29, 0.717) is 11.5 Å². The summed E-state index contributed by atoms with van der Waals surface area (Å²) in [5.41, 5.74) is 8.72. The Balaban J connectivity index is 1.81. The van der Waals surface area contributed by atoms with Crippen molar-refractivity contribution in [2.75, 3.05) is 18.0 Å².